The van der Waals surface area contributed by atoms with Gasteiger partial charge in [0.1, 0.15) is 0 Å². The average molecular weight is 312 g/mol. The monoisotopic (exact) mass is 312 g/mol. The van der Waals surface area contributed by atoms with Crippen LogP contribution in [0.5, 0.6) is 0 Å². The van der Waals surface area contributed by atoms with Gasteiger partial charge < -0.3 is 5.32 Å². The molecule has 7 heteroatoms. The van der Waals surface area contributed by atoms with E-state index in [1.165, 1.54) is 12.3 Å². The number of carbonyl (C=O) groups is 1. The van der Waals surface area contributed by atoms with Crippen LogP contribution in [0.2, 0.25) is 0 Å². The number of hydrazone groups is 1. The third kappa shape index (κ3) is 4.92. The fourth-order valence-electron chi connectivity index (χ4n) is 1.91. The predicted octanol–water partition coefficient (Wildman–Crippen LogP) is 2.47. The van der Waals surface area contributed by atoms with Crippen molar-refractivity contribution in [3.8, 4) is 0 Å². The Bertz CT molecular complexity index is 744. The first-order valence-electron chi connectivity index (χ1n) is 6.92. The summed E-state index contributed by atoms with van der Waals surface area (Å²) in [6.45, 7) is 2.01. The molecule has 0 aliphatic heterocycles. The van der Waals surface area contributed by atoms with E-state index in [9.17, 15) is 14.9 Å². The second-order valence-corrected chi connectivity index (χ2v) is 4.83. The van der Waals surface area contributed by atoms with Gasteiger partial charge in [-0.2, -0.15) is 5.10 Å². The van der Waals surface area contributed by atoms with Crippen LogP contribution in [0, 0.1) is 17.0 Å². The normalized spacial score (nSPS) is 10.5. The van der Waals surface area contributed by atoms with Gasteiger partial charge in [-0.15, -0.1) is 0 Å². The molecule has 2 aromatic carbocycles. The smallest absolute Gasteiger partial charge is 0.278 e. The van der Waals surface area contributed by atoms with Crippen molar-refractivity contribution >= 4 is 23.5 Å². The van der Waals surface area contributed by atoms with Gasteiger partial charge in [0.25, 0.3) is 11.6 Å². The van der Waals surface area contributed by atoms with Crippen molar-refractivity contribution < 1.29 is 9.72 Å². The van der Waals surface area contributed by atoms with Crippen LogP contribution in [0.15, 0.2) is 53.6 Å². The molecule has 0 aromatic heterocycles. The maximum Gasteiger partial charge on any atom is 0.278 e. The number of nitrogens with zero attached hydrogens (tertiary/aromatic N) is 2. The number of carbonyl (C=O) groups excluding carboxylic acids is 1. The SMILES string of the molecule is Cc1cccc(NCC(=O)N/N=C\c2ccccc2[N+](=O)[O-])c1. The highest BCUT2D eigenvalue weighted by molar-refractivity contribution is 5.87. The summed E-state index contributed by atoms with van der Waals surface area (Å²) in [5, 5.41) is 17.6. The molecule has 0 heterocycles. The highest BCUT2D eigenvalue weighted by Gasteiger charge is 2.10. The van der Waals surface area contributed by atoms with E-state index in [2.05, 4.69) is 15.8 Å². The third-order valence-electron chi connectivity index (χ3n) is 3.00. The van der Waals surface area contributed by atoms with Crippen LogP contribution in [0.1, 0.15) is 11.1 Å². The molecule has 0 unspecified atom stereocenters. The first-order chi connectivity index (χ1) is 11.1. The Balaban J connectivity index is 1.88. The van der Waals surface area contributed by atoms with Crippen molar-refractivity contribution in [2.24, 2.45) is 5.10 Å². The van der Waals surface area contributed by atoms with E-state index in [0.29, 0.717) is 5.56 Å². The largest absolute Gasteiger partial charge is 0.376 e. The number of nitro benzene ring substituents is 1. The van der Waals surface area contributed by atoms with E-state index in [4.69, 9.17) is 0 Å². The van der Waals surface area contributed by atoms with E-state index in [0.717, 1.165) is 11.3 Å². The third-order valence-corrected chi connectivity index (χ3v) is 3.00. The molecule has 0 fully saturated rings. The molecule has 2 rings (SSSR count). The van der Waals surface area contributed by atoms with Gasteiger partial charge in [-0.05, 0) is 30.7 Å². The molecule has 1 amide bonds. The lowest BCUT2D eigenvalue weighted by Gasteiger charge is -2.05. The molecular formula is C16H16N4O3. The predicted molar refractivity (Wildman–Crippen MR) is 88.5 cm³/mol. The van der Waals surface area contributed by atoms with E-state index in [1.54, 1.807) is 18.2 Å². The van der Waals surface area contributed by atoms with E-state index >= 15 is 0 Å². The summed E-state index contributed by atoms with van der Waals surface area (Å²) in [5.41, 5.74) is 4.51. The van der Waals surface area contributed by atoms with Gasteiger partial charge in [-0.25, -0.2) is 5.43 Å². The highest BCUT2D eigenvalue weighted by atomic mass is 16.6. The first kappa shape index (κ1) is 16.2. The Hall–Kier alpha value is -3.22. The minimum Gasteiger partial charge on any atom is -0.376 e. The quantitative estimate of drug-likeness (QED) is 0.486. The Kier molecular flexibility index (Phi) is 5.40. The summed E-state index contributed by atoms with van der Waals surface area (Å²) >= 11 is 0. The molecule has 0 spiro atoms. The zero-order valence-corrected chi connectivity index (χ0v) is 12.5. The Labute approximate surface area is 133 Å². The van der Waals surface area contributed by atoms with Gasteiger partial charge in [0.15, 0.2) is 0 Å². The van der Waals surface area contributed by atoms with Gasteiger partial charge >= 0.3 is 0 Å². The lowest BCUT2D eigenvalue weighted by atomic mass is 10.2. The maximum atomic E-state index is 11.7. The molecule has 118 valence electrons. The van der Waals surface area contributed by atoms with Crippen LogP contribution in [0.25, 0.3) is 0 Å². The molecule has 0 bridgehead atoms. The van der Waals surface area contributed by atoms with Crippen molar-refractivity contribution in [3.05, 3.63) is 69.8 Å². The minimum atomic E-state index is -0.498. The summed E-state index contributed by atoms with van der Waals surface area (Å²) in [4.78, 5) is 22.0. The van der Waals surface area contributed by atoms with Crippen LogP contribution in [-0.2, 0) is 4.79 Å². The molecule has 7 nitrogen and oxygen atoms in total. The number of anilines is 1. The van der Waals surface area contributed by atoms with Crippen molar-refractivity contribution in [1.29, 1.82) is 0 Å². The number of hydrogen-bond donors (Lipinski definition) is 2. The molecule has 23 heavy (non-hydrogen) atoms. The molecule has 0 radical (unpaired) electrons. The molecule has 2 N–H and O–H groups in total. The molecule has 0 atom stereocenters. The van der Waals surface area contributed by atoms with Gasteiger partial charge in [0.05, 0.1) is 23.2 Å². The van der Waals surface area contributed by atoms with Crippen LogP contribution in [-0.4, -0.2) is 23.6 Å². The second-order valence-electron chi connectivity index (χ2n) is 4.83. The molecule has 0 saturated carbocycles. The molecule has 0 aliphatic rings. The standard InChI is InChI=1S/C16H16N4O3/c1-12-5-4-7-14(9-12)17-11-16(21)19-18-10-13-6-2-3-8-15(13)20(22)23/h2-10,17H,11H2,1H3,(H,19,21)/b18-10-. The Morgan fingerprint density at radius 1 is 1.26 bits per heavy atom. The van der Waals surface area contributed by atoms with Gasteiger partial charge in [0, 0.05) is 11.8 Å². The van der Waals surface area contributed by atoms with E-state index < -0.39 is 4.92 Å². The van der Waals surface area contributed by atoms with Crippen LogP contribution >= 0.6 is 0 Å². The van der Waals surface area contributed by atoms with Crippen LogP contribution in [0.4, 0.5) is 11.4 Å². The van der Waals surface area contributed by atoms with E-state index in [1.807, 2.05) is 31.2 Å². The number of nitrogens with one attached hydrogen (secondary N) is 2. The molecule has 2 aromatic rings. The maximum absolute atomic E-state index is 11.7. The van der Waals surface area contributed by atoms with Gasteiger partial charge in [-0.3, -0.25) is 14.9 Å². The summed E-state index contributed by atoms with van der Waals surface area (Å²) in [7, 11) is 0. The summed E-state index contributed by atoms with van der Waals surface area (Å²) in [6, 6.07) is 13.8. The summed E-state index contributed by atoms with van der Waals surface area (Å²) < 4.78 is 0. The summed E-state index contributed by atoms with van der Waals surface area (Å²) in [6.07, 6.45) is 1.25. The molecule has 0 aliphatic carbocycles. The van der Waals surface area contributed by atoms with Crippen molar-refractivity contribution in [3.63, 3.8) is 0 Å². The first-order valence-corrected chi connectivity index (χ1v) is 6.92. The number of nitro groups is 1. The van der Waals surface area contributed by atoms with E-state index in [-0.39, 0.29) is 18.1 Å². The number of aryl methyl sites for hydroxylation is 1. The number of hydrogen-bond acceptors (Lipinski definition) is 5. The lowest BCUT2D eigenvalue weighted by Crippen LogP contribution is -2.25. The van der Waals surface area contributed by atoms with Gasteiger partial charge in [-0.1, -0.05) is 24.3 Å². The Morgan fingerprint density at radius 2 is 2.04 bits per heavy atom. The fourth-order valence-corrected chi connectivity index (χ4v) is 1.91. The van der Waals surface area contributed by atoms with Crippen LogP contribution in [0.3, 0.4) is 0 Å². The molecule has 0 saturated heterocycles. The number of rotatable bonds is 6. The van der Waals surface area contributed by atoms with Gasteiger partial charge in [0.2, 0.25) is 0 Å². The average Bonchev–Trinajstić information content (AvgIpc) is 2.53. The van der Waals surface area contributed by atoms with Crippen molar-refractivity contribution in [1.82, 2.24) is 5.43 Å². The van der Waals surface area contributed by atoms with Crippen molar-refractivity contribution in [2.45, 2.75) is 6.92 Å². The number of benzene rings is 2. The van der Waals surface area contributed by atoms with Crippen LogP contribution < -0.4 is 10.7 Å². The number of para-hydroxylation sites is 1. The fraction of sp³-hybridized carbons (Fsp3) is 0.125. The topological polar surface area (TPSA) is 96.6 Å². The lowest BCUT2D eigenvalue weighted by molar-refractivity contribution is -0.385. The number of amides is 1. The second kappa shape index (κ2) is 7.69. The zero-order chi connectivity index (χ0) is 16.7. The Morgan fingerprint density at radius 3 is 2.78 bits per heavy atom. The molecular weight excluding hydrogens is 296 g/mol. The minimum absolute atomic E-state index is 0.0533. The zero-order valence-electron chi connectivity index (χ0n) is 12.5. The summed E-state index contributed by atoms with van der Waals surface area (Å²) in [5.74, 6) is -0.346. The van der Waals surface area contributed by atoms with Crippen molar-refractivity contribution in [2.75, 3.05) is 11.9 Å². The highest BCUT2D eigenvalue weighted by Crippen LogP contribution is 2.15.